The molecule has 0 amide bonds. The average Bonchev–Trinajstić information content (AvgIpc) is 1.95. The van der Waals surface area contributed by atoms with Crippen LogP contribution in [0.15, 0.2) is 0 Å². The number of nitriles is 2. The molecular weight excluding hydrogens is 180 g/mol. The number of nitrogens with zero attached hydrogens (tertiary/aromatic N) is 2. The van der Waals surface area contributed by atoms with Crippen LogP contribution in [0.5, 0.6) is 0 Å². The Kier molecular flexibility index (Phi) is 4.27. The molecule has 0 heterocycles. The molecule has 0 rings (SSSR count). The highest BCUT2D eigenvalue weighted by Crippen LogP contribution is 2.10. The average molecular weight is 188 g/mol. The quantitative estimate of drug-likeness (QED) is 0.645. The van der Waals surface area contributed by atoms with E-state index in [1.165, 1.54) is 0 Å². The van der Waals surface area contributed by atoms with Gasteiger partial charge in [0.1, 0.15) is 5.25 Å². The van der Waals surface area contributed by atoms with E-state index in [4.69, 9.17) is 15.1 Å². The van der Waals surface area contributed by atoms with Gasteiger partial charge in [-0.05, 0) is 6.42 Å². The van der Waals surface area contributed by atoms with Crippen molar-refractivity contribution in [3.05, 3.63) is 0 Å². The summed E-state index contributed by atoms with van der Waals surface area (Å²) in [6.45, 7) is 0. The molecule has 0 bridgehead atoms. The highest BCUT2D eigenvalue weighted by molar-refractivity contribution is 7.86. The van der Waals surface area contributed by atoms with E-state index in [1.807, 2.05) is 0 Å². The standard InChI is InChI=1S/C6H8N2O3S/c7-4-1-2-6(3-5-8)12(9,10)11/h6H,1-3H2,(H,9,10,11)/t6-/m1/s1. The zero-order valence-electron chi connectivity index (χ0n) is 6.27. The Bertz CT molecular complexity index is 309. The Hall–Kier alpha value is -1.11. The molecule has 0 saturated heterocycles. The minimum absolute atomic E-state index is 0.00287. The van der Waals surface area contributed by atoms with Gasteiger partial charge in [-0.1, -0.05) is 0 Å². The van der Waals surface area contributed by atoms with Crippen molar-refractivity contribution in [3.63, 3.8) is 0 Å². The van der Waals surface area contributed by atoms with E-state index >= 15 is 0 Å². The van der Waals surface area contributed by atoms with Gasteiger partial charge in [0.15, 0.2) is 0 Å². The van der Waals surface area contributed by atoms with Crippen molar-refractivity contribution in [2.45, 2.75) is 24.5 Å². The number of hydrogen-bond donors (Lipinski definition) is 1. The fourth-order valence-electron chi connectivity index (χ4n) is 0.684. The molecule has 0 aromatic carbocycles. The van der Waals surface area contributed by atoms with Crippen molar-refractivity contribution in [1.29, 1.82) is 10.5 Å². The first-order chi connectivity index (χ1) is 5.52. The first-order valence-corrected chi connectivity index (χ1v) is 4.73. The van der Waals surface area contributed by atoms with Crippen LogP contribution < -0.4 is 0 Å². The Balaban J connectivity index is 4.29. The lowest BCUT2D eigenvalue weighted by Gasteiger charge is -2.06. The Morgan fingerprint density at radius 1 is 1.33 bits per heavy atom. The summed E-state index contributed by atoms with van der Waals surface area (Å²) < 4.78 is 29.6. The molecule has 0 aliphatic heterocycles. The highest BCUT2D eigenvalue weighted by atomic mass is 32.2. The zero-order valence-corrected chi connectivity index (χ0v) is 7.08. The molecule has 0 radical (unpaired) electrons. The largest absolute Gasteiger partial charge is 0.285 e. The normalized spacial score (nSPS) is 12.9. The van der Waals surface area contributed by atoms with Gasteiger partial charge < -0.3 is 0 Å². The third-order valence-corrected chi connectivity index (χ3v) is 2.56. The minimum Gasteiger partial charge on any atom is -0.285 e. The fourth-order valence-corrected chi connectivity index (χ4v) is 1.38. The first kappa shape index (κ1) is 10.9. The van der Waals surface area contributed by atoms with E-state index in [-0.39, 0.29) is 19.3 Å². The van der Waals surface area contributed by atoms with Crippen LogP contribution in [0.3, 0.4) is 0 Å². The number of rotatable bonds is 4. The van der Waals surface area contributed by atoms with Crippen molar-refractivity contribution in [2.24, 2.45) is 0 Å². The van der Waals surface area contributed by atoms with E-state index in [0.29, 0.717) is 0 Å². The van der Waals surface area contributed by atoms with Crippen molar-refractivity contribution in [2.75, 3.05) is 0 Å². The summed E-state index contributed by atoms with van der Waals surface area (Å²) >= 11 is 0. The molecule has 12 heavy (non-hydrogen) atoms. The second-order valence-corrected chi connectivity index (χ2v) is 3.89. The predicted molar refractivity (Wildman–Crippen MR) is 40.4 cm³/mol. The van der Waals surface area contributed by atoms with Gasteiger partial charge in [0.25, 0.3) is 10.1 Å². The van der Waals surface area contributed by atoms with Gasteiger partial charge in [-0.25, -0.2) is 0 Å². The molecule has 1 atom stereocenters. The van der Waals surface area contributed by atoms with Gasteiger partial charge in [0.2, 0.25) is 0 Å². The van der Waals surface area contributed by atoms with Gasteiger partial charge in [-0.3, -0.25) is 4.55 Å². The maximum absolute atomic E-state index is 10.5. The lowest BCUT2D eigenvalue weighted by Crippen LogP contribution is -2.19. The SMILES string of the molecule is N#CCC[C@H](CC#N)S(=O)(=O)O. The maximum atomic E-state index is 10.5. The van der Waals surface area contributed by atoms with Crippen LogP contribution in [0, 0.1) is 22.7 Å². The minimum atomic E-state index is -4.17. The molecule has 66 valence electrons. The van der Waals surface area contributed by atoms with E-state index in [1.54, 1.807) is 12.1 Å². The lowest BCUT2D eigenvalue weighted by molar-refractivity contribution is 0.463. The summed E-state index contributed by atoms with van der Waals surface area (Å²) in [7, 11) is -4.17. The molecule has 5 nitrogen and oxygen atoms in total. The highest BCUT2D eigenvalue weighted by Gasteiger charge is 2.21. The summed E-state index contributed by atoms with van der Waals surface area (Å²) in [5.41, 5.74) is 0. The van der Waals surface area contributed by atoms with E-state index in [9.17, 15) is 8.42 Å². The van der Waals surface area contributed by atoms with Gasteiger partial charge >= 0.3 is 0 Å². The summed E-state index contributed by atoms with van der Waals surface area (Å²) in [4.78, 5) is 0. The van der Waals surface area contributed by atoms with Crippen LogP contribution >= 0.6 is 0 Å². The molecule has 0 aromatic heterocycles. The molecule has 0 aliphatic carbocycles. The van der Waals surface area contributed by atoms with Crippen molar-refractivity contribution in [3.8, 4) is 12.1 Å². The van der Waals surface area contributed by atoms with E-state index < -0.39 is 15.4 Å². The summed E-state index contributed by atoms with van der Waals surface area (Å²) in [5, 5.41) is 15.2. The molecule has 0 unspecified atom stereocenters. The Labute approximate surface area is 71.0 Å². The molecule has 0 fully saturated rings. The predicted octanol–water partition coefficient (Wildman–Crippen LogP) is 0.460. The van der Waals surface area contributed by atoms with Gasteiger partial charge in [-0.2, -0.15) is 18.9 Å². The second kappa shape index (κ2) is 4.70. The van der Waals surface area contributed by atoms with Crippen molar-refractivity contribution >= 4 is 10.1 Å². The topological polar surface area (TPSA) is 102 Å². The molecule has 0 saturated carbocycles. The first-order valence-electron chi connectivity index (χ1n) is 3.22. The molecule has 0 aromatic rings. The van der Waals surface area contributed by atoms with Crippen LogP contribution in [0.1, 0.15) is 19.3 Å². The third kappa shape index (κ3) is 3.91. The third-order valence-electron chi connectivity index (χ3n) is 1.32. The van der Waals surface area contributed by atoms with Crippen LogP contribution in [-0.4, -0.2) is 18.2 Å². The van der Waals surface area contributed by atoms with Crippen LogP contribution in [0.4, 0.5) is 0 Å². The van der Waals surface area contributed by atoms with E-state index in [2.05, 4.69) is 0 Å². The number of hydrogen-bond acceptors (Lipinski definition) is 4. The monoisotopic (exact) mass is 188 g/mol. The van der Waals surface area contributed by atoms with Gasteiger partial charge in [0.05, 0.1) is 18.6 Å². The smallest absolute Gasteiger partial charge is 0.268 e. The summed E-state index contributed by atoms with van der Waals surface area (Å²) in [5.74, 6) is 0. The van der Waals surface area contributed by atoms with Crippen molar-refractivity contribution in [1.82, 2.24) is 0 Å². The lowest BCUT2D eigenvalue weighted by atomic mass is 10.2. The van der Waals surface area contributed by atoms with Crippen LogP contribution in [0.2, 0.25) is 0 Å². The fraction of sp³-hybridized carbons (Fsp3) is 0.667. The van der Waals surface area contributed by atoms with Gasteiger partial charge in [0, 0.05) is 6.42 Å². The molecule has 0 spiro atoms. The van der Waals surface area contributed by atoms with Crippen LogP contribution in [-0.2, 0) is 10.1 Å². The maximum Gasteiger partial charge on any atom is 0.268 e. The van der Waals surface area contributed by atoms with E-state index in [0.717, 1.165) is 0 Å². The molecule has 1 N–H and O–H groups in total. The Morgan fingerprint density at radius 2 is 1.92 bits per heavy atom. The van der Waals surface area contributed by atoms with Crippen molar-refractivity contribution < 1.29 is 13.0 Å². The second-order valence-electron chi connectivity index (χ2n) is 2.20. The zero-order chi connectivity index (χ0) is 9.61. The Morgan fingerprint density at radius 3 is 2.25 bits per heavy atom. The summed E-state index contributed by atoms with van der Waals surface area (Å²) in [6, 6.07) is 3.38. The molecular formula is C6H8N2O3S. The molecule has 6 heteroatoms. The van der Waals surface area contributed by atoms with Gasteiger partial charge in [-0.15, -0.1) is 0 Å². The molecule has 0 aliphatic rings. The summed E-state index contributed by atoms with van der Waals surface area (Å²) in [6.07, 6.45) is -0.254. The van der Waals surface area contributed by atoms with Crippen LogP contribution in [0.25, 0.3) is 0 Å².